The highest BCUT2D eigenvalue weighted by molar-refractivity contribution is 5.94. The quantitative estimate of drug-likeness (QED) is 0.837. The molecule has 1 heterocycles. The minimum absolute atomic E-state index is 0.0826. The first-order valence-electron chi connectivity index (χ1n) is 6.18. The van der Waals surface area contributed by atoms with Gasteiger partial charge in [-0.15, -0.1) is 0 Å². The Morgan fingerprint density at radius 3 is 2.70 bits per heavy atom. The van der Waals surface area contributed by atoms with Crippen molar-refractivity contribution in [1.82, 2.24) is 9.88 Å². The lowest BCUT2D eigenvalue weighted by Crippen LogP contribution is -2.35. The summed E-state index contributed by atoms with van der Waals surface area (Å²) in [5.41, 5.74) is 0.116. The fourth-order valence-electron chi connectivity index (χ4n) is 1.46. The summed E-state index contributed by atoms with van der Waals surface area (Å²) in [6.07, 6.45) is -2.41. The number of amides is 1. The Morgan fingerprint density at radius 2 is 2.15 bits per heavy atom. The van der Waals surface area contributed by atoms with Gasteiger partial charge in [-0.25, -0.2) is 4.98 Å². The van der Waals surface area contributed by atoms with Gasteiger partial charge in [0.05, 0.1) is 6.10 Å². The molecule has 1 aromatic rings. The van der Waals surface area contributed by atoms with Gasteiger partial charge < -0.3 is 9.64 Å². The number of halogens is 3. The van der Waals surface area contributed by atoms with E-state index in [1.165, 1.54) is 18.3 Å². The second-order valence-electron chi connectivity index (χ2n) is 4.50. The summed E-state index contributed by atoms with van der Waals surface area (Å²) in [4.78, 5) is 16.4. The molecule has 7 heteroatoms. The highest BCUT2D eigenvalue weighted by atomic mass is 19.4. The van der Waals surface area contributed by atoms with E-state index in [1.807, 2.05) is 13.8 Å². The third-order valence-corrected chi connectivity index (χ3v) is 2.64. The minimum atomic E-state index is -4.42. The molecule has 0 fully saturated rings. The maximum atomic E-state index is 12.2. The molecule has 112 valence electrons. The zero-order valence-electron chi connectivity index (χ0n) is 11.6. The molecule has 0 unspecified atom stereocenters. The van der Waals surface area contributed by atoms with Gasteiger partial charge in [-0.1, -0.05) is 6.92 Å². The third kappa shape index (κ3) is 5.07. The number of hydrogen-bond acceptors (Lipinski definition) is 3. The number of nitrogens with zero attached hydrogens (tertiary/aromatic N) is 2. The van der Waals surface area contributed by atoms with Crippen LogP contribution in [0.1, 0.15) is 30.6 Å². The van der Waals surface area contributed by atoms with E-state index in [1.54, 1.807) is 0 Å². The van der Waals surface area contributed by atoms with Crippen LogP contribution in [0.3, 0.4) is 0 Å². The van der Waals surface area contributed by atoms with Gasteiger partial charge in [0, 0.05) is 24.9 Å². The zero-order valence-corrected chi connectivity index (χ0v) is 11.6. The second kappa shape index (κ2) is 6.58. The number of alkyl halides is 3. The van der Waals surface area contributed by atoms with Gasteiger partial charge >= 0.3 is 6.18 Å². The first kappa shape index (κ1) is 16.3. The van der Waals surface area contributed by atoms with Crippen LogP contribution in [0.15, 0.2) is 18.3 Å². The normalized spacial score (nSPS) is 12.9. The van der Waals surface area contributed by atoms with Crippen LogP contribution in [-0.2, 0) is 0 Å². The van der Waals surface area contributed by atoms with E-state index < -0.39 is 18.6 Å². The summed E-state index contributed by atoms with van der Waals surface area (Å²) in [7, 11) is 1.10. The van der Waals surface area contributed by atoms with Crippen LogP contribution in [0.2, 0.25) is 0 Å². The van der Waals surface area contributed by atoms with Crippen LogP contribution in [0.25, 0.3) is 0 Å². The van der Waals surface area contributed by atoms with E-state index in [2.05, 4.69) is 4.98 Å². The molecule has 0 bridgehead atoms. The van der Waals surface area contributed by atoms with E-state index in [-0.39, 0.29) is 17.5 Å². The molecule has 4 nitrogen and oxygen atoms in total. The van der Waals surface area contributed by atoms with E-state index in [0.717, 1.165) is 13.5 Å². The van der Waals surface area contributed by atoms with Crippen LogP contribution in [0.5, 0.6) is 5.88 Å². The smallest absolute Gasteiger partial charge is 0.406 e. The van der Waals surface area contributed by atoms with Crippen molar-refractivity contribution < 1.29 is 22.7 Å². The summed E-state index contributed by atoms with van der Waals surface area (Å²) in [6, 6.07) is 2.71. The number of hydrogen-bond donors (Lipinski definition) is 0. The lowest BCUT2D eigenvalue weighted by atomic mass is 10.2. The molecule has 0 aliphatic rings. The highest BCUT2D eigenvalue weighted by Gasteiger charge is 2.31. The number of carbonyl (C=O) groups is 1. The Labute approximate surface area is 115 Å². The van der Waals surface area contributed by atoms with E-state index in [0.29, 0.717) is 4.90 Å². The lowest BCUT2D eigenvalue weighted by molar-refractivity contribution is -0.138. The Morgan fingerprint density at radius 1 is 1.50 bits per heavy atom. The number of pyridine rings is 1. The fraction of sp³-hybridized carbons (Fsp3) is 0.538. The number of ether oxygens (including phenoxy) is 1. The second-order valence-corrected chi connectivity index (χ2v) is 4.50. The molecule has 0 aliphatic carbocycles. The van der Waals surface area contributed by atoms with Gasteiger partial charge in [0.2, 0.25) is 5.88 Å². The number of carbonyl (C=O) groups excluding carboxylic acids is 1. The van der Waals surface area contributed by atoms with E-state index in [4.69, 9.17) is 4.74 Å². The maximum Gasteiger partial charge on any atom is 0.406 e. The molecule has 0 spiro atoms. The van der Waals surface area contributed by atoms with Crippen LogP contribution in [0, 0.1) is 0 Å². The van der Waals surface area contributed by atoms with Crippen molar-refractivity contribution in [1.29, 1.82) is 0 Å². The van der Waals surface area contributed by atoms with Crippen LogP contribution in [0.4, 0.5) is 13.2 Å². The topological polar surface area (TPSA) is 42.4 Å². The molecule has 0 radical (unpaired) electrons. The maximum absolute atomic E-state index is 12.2. The molecular weight excluding hydrogens is 273 g/mol. The molecule has 0 N–H and O–H groups in total. The molecule has 1 amide bonds. The number of rotatable bonds is 5. The van der Waals surface area contributed by atoms with Gasteiger partial charge in [-0.3, -0.25) is 4.79 Å². The molecule has 0 saturated heterocycles. The molecule has 0 aromatic carbocycles. The van der Waals surface area contributed by atoms with Crippen molar-refractivity contribution in [3.63, 3.8) is 0 Å². The predicted octanol–water partition coefficient (Wildman–Crippen LogP) is 2.89. The first-order chi connectivity index (χ1) is 9.23. The van der Waals surface area contributed by atoms with E-state index >= 15 is 0 Å². The standard InChI is InChI=1S/C13H17F3N2O2/c1-4-9(2)20-11-7-10(5-6-17-11)12(19)18(3)8-13(14,15)16/h5-7,9H,4,8H2,1-3H3/t9-/m1/s1. The summed E-state index contributed by atoms with van der Waals surface area (Å²) < 4.78 is 42.2. The van der Waals surface area contributed by atoms with Crippen molar-refractivity contribution in [3.8, 4) is 5.88 Å². The van der Waals surface area contributed by atoms with Crippen molar-refractivity contribution >= 4 is 5.91 Å². The van der Waals surface area contributed by atoms with E-state index in [9.17, 15) is 18.0 Å². The molecule has 1 rings (SSSR count). The average Bonchev–Trinajstić information content (AvgIpc) is 2.36. The van der Waals surface area contributed by atoms with Crippen LogP contribution < -0.4 is 4.74 Å². The monoisotopic (exact) mass is 290 g/mol. The summed E-state index contributed by atoms with van der Waals surface area (Å²) in [5, 5.41) is 0. The fourth-order valence-corrected chi connectivity index (χ4v) is 1.46. The van der Waals surface area contributed by atoms with Crippen molar-refractivity contribution in [2.75, 3.05) is 13.6 Å². The van der Waals surface area contributed by atoms with Crippen molar-refractivity contribution in [2.45, 2.75) is 32.5 Å². The van der Waals surface area contributed by atoms with Gasteiger partial charge in [-0.05, 0) is 19.4 Å². The Bertz CT molecular complexity index is 463. The molecule has 0 saturated carbocycles. The van der Waals surface area contributed by atoms with Gasteiger partial charge in [0.1, 0.15) is 6.54 Å². The van der Waals surface area contributed by atoms with Gasteiger partial charge in [0.25, 0.3) is 5.91 Å². The van der Waals surface area contributed by atoms with Crippen molar-refractivity contribution in [3.05, 3.63) is 23.9 Å². The van der Waals surface area contributed by atoms with Crippen LogP contribution >= 0.6 is 0 Å². The van der Waals surface area contributed by atoms with Gasteiger partial charge in [-0.2, -0.15) is 13.2 Å². The third-order valence-electron chi connectivity index (χ3n) is 2.64. The average molecular weight is 290 g/mol. The zero-order chi connectivity index (χ0) is 15.3. The molecule has 1 aromatic heterocycles. The highest BCUT2D eigenvalue weighted by Crippen LogP contribution is 2.18. The largest absolute Gasteiger partial charge is 0.475 e. The lowest BCUT2D eigenvalue weighted by Gasteiger charge is -2.19. The Balaban J connectivity index is 2.80. The number of aromatic nitrogens is 1. The predicted molar refractivity (Wildman–Crippen MR) is 67.6 cm³/mol. The van der Waals surface area contributed by atoms with Gasteiger partial charge in [0.15, 0.2) is 0 Å². The molecule has 0 aliphatic heterocycles. The summed E-state index contributed by atoms with van der Waals surface area (Å²) in [5.74, 6) is -0.496. The molecule has 1 atom stereocenters. The SMILES string of the molecule is CC[C@@H](C)Oc1cc(C(=O)N(C)CC(F)(F)F)ccn1. The Kier molecular flexibility index (Phi) is 5.35. The molecule has 20 heavy (non-hydrogen) atoms. The first-order valence-corrected chi connectivity index (χ1v) is 6.18. The minimum Gasteiger partial charge on any atom is -0.475 e. The van der Waals surface area contributed by atoms with Crippen LogP contribution in [-0.4, -0.2) is 41.7 Å². The molecular formula is C13H17F3N2O2. The van der Waals surface area contributed by atoms with Crippen molar-refractivity contribution in [2.24, 2.45) is 0 Å². The summed E-state index contributed by atoms with van der Waals surface area (Å²) >= 11 is 0. The summed E-state index contributed by atoms with van der Waals surface area (Å²) in [6.45, 7) is 2.47. The Hall–Kier alpha value is -1.79.